The summed E-state index contributed by atoms with van der Waals surface area (Å²) in [6, 6.07) is 82.0. The number of nitrogens with zero attached hydrogens (tertiary/aromatic N) is 1. The van der Waals surface area contributed by atoms with Gasteiger partial charge in [0.25, 0.3) is 0 Å². The summed E-state index contributed by atoms with van der Waals surface area (Å²) >= 11 is 0. The normalized spacial score (nSPS) is 18.1. The van der Waals surface area contributed by atoms with Crippen molar-refractivity contribution in [3.63, 3.8) is 0 Å². The van der Waals surface area contributed by atoms with Crippen molar-refractivity contribution in [2.45, 2.75) is 17.7 Å². The first kappa shape index (κ1) is 35.4. The van der Waals surface area contributed by atoms with Gasteiger partial charge in [0.15, 0.2) is 0 Å². The van der Waals surface area contributed by atoms with Gasteiger partial charge in [-0.05, 0) is 113 Å². The third-order valence-electron chi connectivity index (χ3n) is 13.0. The van der Waals surface area contributed by atoms with Gasteiger partial charge in [-0.2, -0.15) is 0 Å². The van der Waals surface area contributed by atoms with E-state index in [0.717, 1.165) is 22.5 Å². The lowest BCUT2D eigenvalue weighted by Gasteiger charge is -2.32. The van der Waals surface area contributed by atoms with Crippen molar-refractivity contribution in [3.8, 4) is 55.6 Å². The second-order valence-electron chi connectivity index (χ2n) is 16.3. The van der Waals surface area contributed by atoms with E-state index in [0.29, 0.717) is 0 Å². The van der Waals surface area contributed by atoms with Gasteiger partial charge in [0.1, 0.15) is 18.2 Å². The van der Waals surface area contributed by atoms with Gasteiger partial charge in [0.2, 0.25) is 0 Å². The molecular formula is C58H41N3. The molecule has 3 heteroatoms. The maximum absolute atomic E-state index is 5.13. The second kappa shape index (κ2) is 14.3. The van der Waals surface area contributed by atoms with Crippen LogP contribution in [0, 0.1) is 0 Å². The molecule has 0 aromatic heterocycles. The fourth-order valence-corrected chi connectivity index (χ4v) is 10.2. The van der Waals surface area contributed by atoms with Crippen LogP contribution in [0.15, 0.2) is 229 Å². The topological polar surface area (TPSA) is 36.4 Å². The van der Waals surface area contributed by atoms with Crippen molar-refractivity contribution in [1.82, 2.24) is 10.6 Å². The van der Waals surface area contributed by atoms with Gasteiger partial charge < -0.3 is 5.32 Å². The number of nitrogens with one attached hydrogen (secondary N) is 2. The molecule has 0 saturated heterocycles. The molecule has 288 valence electrons. The fourth-order valence-electron chi connectivity index (χ4n) is 10.2. The summed E-state index contributed by atoms with van der Waals surface area (Å²) in [5.74, 6) is 0.880. The molecule has 61 heavy (non-hydrogen) atoms. The average Bonchev–Trinajstić information content (AvgIpc) is 3.81. The summed E-state index contributed by atoms with van der Waals surface area (Å²) in [6.07, 6.45) is -0.331. The summed E-state index contributed by atoms with van der Waals surface area (Å²) < 4.78 is 0. The zero-order valence-electron chi connectivity index (χ0n) is 33.5. The third-order valence-corrected chi connectivity index (χ3v) is 13.0. The molecule has 0 radical (unpaired) electrons. The van der Waals surface area contributed by atoms with E-state index in [4.69, 9.17) is 4.99 Å². The molecule has 2 N–H and O–H groups in total. The molecule has 9 aromatic rings. The first-order valence-electron chi connectivity index (χ1n) is 21.2. The minimum atomic E-state index is -0.440. The van der Waals surface area contributed by atoms with E-state index in [9.17, 15) is 0 Å². The number of rotatable bonds is 6. The lowest BCUT2D eigenvalue weighted by molar-refractivity contribution is 0.409. The number of benzene rings is 9. The summed E-state index contributed by atoms with van der Waals surface area (Å²) in [5, 5.41) is 7.51. The van der Waals surface area contributed by atoms with Crippen LogP contribution in [0.2, 0.25) is 0 Å². The van der Waals surface area contributed by atoms with Crippen molar-refractivity contribution in [2.75, 3.05) is 0 Å². The summed E-state index contributed by atoms with van der Waals surface area (Å²) in [5.41, 5.74) is 20.7. The Morgan fingerprint density at radius 3 is 1.39 bits per heavy atom. The highest BCUT2D eigenvalue weighted by atomic mass is 15.3. The zero-order valence-corrected chi connectivity index (χ0v) is 33.5. The van der Waals surface area contributed by atoms with E-state index in [1.165, 1.54) is 77.9 Å². The van der Waals surface area contributed by atoms with Crippen LogP contribution >= 0.6 is 0 Å². The highest BCUT2D eigenvalue weighted by Crippen LogP contribution is 2.63. The number of aliphatic imine (C=N–C) groups is 1. The van der Waals surface area contributed by atoms with E-state index >= 15 is 0 Å². The Balaban J connectivity index is 0.949. The van der Waals surface area contributed by atoms with Gasteiger partial charge in [-0.1, -0.05) is 200 Å². The zero-order chi connectivity index (χ0) is 40.3. The standard InChI is InChI=1S/C58H41N3/c1-4-16-38(17-5-1)44-30-32-49-47-26-10-12-28-51(47)58(53(49)36-44)52-29-13-11-27-48(52)50-33-31-45(37-54(50)58)42-23-14-22-41(34-42)43-24-15-25-46(35-43)57-60-55(39-18-6-2-7-19-39)59-56(61-57)40-20-8-3-9-21-40/h1-37,55,57,60H,(H,59,61). The molecule has 1 spiro atoms. The predicted octanol–water partition coefficient (Wildman–Crippen LogP) is 13.4. The molecule has 9 aromatic carbocycles. The quantitative estimate of drug-likeness (QED) is 0.176. The Morgan fingerprint density at radius 1 is 0.328 bits per heavy atom. The SMILES string of the molecule is c1ccc(C2=NC(c3ccccc3)NC(c3cccc(-c4cccc(-c5ccc6c(c5)C5(c7ccccc7-c7ccc(-c8ccccc8)cc75)c5ccccc5-6)c4)c3)N2)cc1. The van der Waals surface area contributed by atoms with Crippen molar-refractivity contribution < 1.29 is 0 Å². The fraction of sp³-hybridized carbons (Fsp3) is 0.0517. The molecule has 12 rings (SSSR count). The molecule has 3 atom stereocenters. The number of amidine groups is 1. The number of fused-ring (bicyclic) bond motifs is 10. The average molecular weight is 780 g/mol. The molecule has 3 nitrogen and oxygen atoms in total. The number of hydrogen-bond acceptors (Lipinski definition) is 3. The molecule has 3 aliphatic rings. The molecule has 2 aliphatic carbocycles. The molecule has 3 unspecified atom stereocenters. The van der Waals surface area contributed by atoms with Gasteiger partial charge in [0.05, 0.1) is 5.41 Å². The monoisotopic (exact) mass is 779 g/mol. The van der Waals surface area contributed by atoms with Crippen LogP contribution in [0.4, 0.5) is 0 Å². The van der Waals surface area contributed by atoms with Gasteiger partial charge in [0, 0.05) is 5.56 Å². The van der Waals surface area contributed by atoms with Crippen LogP contribution in [0.5, 0.6) is 0 Å². The van der Waals surface area contributed by atoms with Crippen LogP contribution in [0.25, 0.3) is 55.6 Å². The molecule has 0 fully saturated rings. The Morgan fingerprint density at radius 2 is 0.770 bits per heavy atom. The summed E-state index contributed by atoms with van der Waals surface area (Å²) in [7, 11) is 0. The maximum Gasteiger partial charge on any atom is 0.131 e. The number of hydrogen-bond donors (Lipinski definition) is 2. The first-order valence-corrected chi connectivity index (χ1v) is 21.2. The summed E-state index contributed by atoms with van der Waals surface area (Å²) in [6.45, 7) is 0. The van der Waals surface area contributed by atoms with Gasteiger partial charge in [-0.3, -0.25) is 5.32 Å². The van der Waals surface area contributed by atoms with Crippen molar-refractivity contribution >= 4 is 5.84 Å². The van der Waals surface area contributed by atoms with Crippen LogP contribution < -0.4 is 10.6 Å². The second-order valence-corrected chi connectivity index (χ2v) is 16.3. The van der Waals surface area contributed by atoms with E-state index < -0.39 is 5.41 Å². The highest BCUT2D eigenvalue weighted by molar-refractivity contribution is 6.00. The van der Waals surface area contributed by atoms with Crippen molar-refractivity contribution in [2.24, 2.45) is 4.99 Å². The maximum atomic E-state index is 5.13. The highest BCUT2D eigenvalue weighted by Gasteiger charge is 2.51. The van der Waals surface area contributed by atoms with Crippen LogP contribution in [-0.4, -0.2) is 5.84 Å². The van der Waals surface area contributed by atoms with E-state index in [-0.39, 0.29) is 12.3 Å². The summed E-state index contributed by atoms with van der Waals surface area (Å²) in [4.78, 5) is 5.13. The van der Waals surface area contributed by atoms with E-state index in [1.54, 1.807) is 0 Å². The Hall–Kier alpha value is -7.59. The molecular weight excluding hydrogens is 739 g/mol. The largest absolute Gasteiger partial charge is 0.350 e. The molecule has 0 bridgehead atoms. The van der Waals surface area contributed by atoms with E-state index in [1.807, 2.05) is 6.07 Å². The molecule has 1 aliphatic heterocycles. The van der Waals surface area contributed by atoms with E-state index in [2.05, 4.69) is 229 Å². The van der Waals surface area contributed by atoms with Gasteiger partial charge in [-0.15, -0.1) is 0 Å². The molecule has 0 amide bonds. The Kier molecular flexibility index (Phi) is 8.29. The Bertz CT molecular complexity index is 3140. The molecule has 1 heterocycles. The van der Waals surface area contributed by atoms with Crippen LogP contribution in [-0.2, 0) is 5.41 Å². The third kappa shape index (κ3) is 5.73. The lowest BCUT2D eigenvalue weighted by Crippen LogP contribution is -2.44. The van der Waals surface area contributed by atoms with Crippen LogP contribution in [0.1, 0.15) is 51.3 Å². The predicted molar refractivity (Wildman–Crippen MR) is 250 cm³/mol. The van der Waals surface area contributed by atoms with Gasteiger partial charge in [-0.25, -0.2) is 4.99 Å². The first-order chi connectivity index (χ1) is 30.2. The van der Waals surface area contributed by atoms with Crippen LogP contribution in [0.3, 0.4) is 0 Å². The minimum absolute atomic E-state index is 0.143. The van der Waals surface area contributed by atoms with Gasteiger partial charge >= 0.3 is 0 Å². The molecule has 0 saturated carbocycles. The van der Waals surface area contributed by atoms with Crippen molar-refractivity contribution in [3.05, 3.63) is 263 Å². The lowest BCUT2D eigenvalue weighted by atomic mass is 9.70. The van der Waals surface area contributed by atoms with Crippen molar-refractivity contribution in [1.29, 1.82) is 0 Å². The Labute approximate surface area is 356 Å². The minimum Gasteiger partial charge on any atom is -0.350 e. The smallest absolute Gasteiger partial charge is 0.131 e.